The summed E-state index contributed by atoms with van der Waals surface area (Å²) in [6.45, 7) is 1.72. The largest absolute Gasteiger partial charge is 1.00 e. The zero-order valence-corrected chi connectivity index (χ0v) is 12.9. The Labute approximate surface area is 147 Å². The number of rotatable bonds is 1. The summed E-state index contributed by atoms with van der Waals surface area (Å²) in [5.41, 5.74) is 0.390. The van der Waals surface area contributed by atoms with E-state index in [1.54, 1.807) is 13.0 Å². The van der Waals surface area contributed by atoms with Crippen molar-refractivity contribution in [3.8, 4) is 11.4 Å². The number of aryl methyl sites for hydroxylation is 1. The van der Waals surface area contributed by atoms with E-state index < -0.39 is 5.56 Å². The van der Waals surface area contributed by atoms with Crippen LogP contribution in [0.4, 0.5) is 0 Å². The van der Waals surface area contributed by atoms with Gasteiger partial charge in [0.15, 0.2) is 0 Å². The number of aromatic nitrogens is 6. The van der Waals surface area contributed by atoms with E-state index in [0.29, 0.717) is 11.2 Å². The summed E-state index contributed by atoms with van der Waals surface area (Å²) < 4.78 is 16.6. The predicted molar refractivity (Wildman–Crippen MR) is 58.3 cm³/mol. The van der Waals surface area contributed by atoms with Crippen molar-refractivity contribution in [2.45, 2.75) is 6.92 Å². The summed E-state index contributed by atoms with van der Waals surface area (Å²) in [7, 11) is 0. The van der Waals surface area contributed by atoms with Crippen LogP contribution in [0.5, 0.6) is 0 Å². The summed E-state index contributed by atoms with van der Waals surface area (Å²) in [4.78, 5) is 16.4. The average Bonchev–Trinajstić information content (AvgIpc) is 2.85. The molecule has 0 saturated carbocycles. The van der Waals surface area contributed by atoms with Gasteiger partial charge >= 0.3 is 51.4 Å². The monoisotopic (exact) mass is 268 g/mol. The Morgan fingerprint density at radius 2 is 2.33 bits per heavy atom. The average molecular weight is 268 g/mol. The van der Waals surface area contributed by atoms with Crippen molar-refractivity contribution in [1.29, 1.82) is 0 Å². The van der Waals surface area contributed by atoms with Crippen LogP contribution >= 0.6 is 0 Å². The van der Waals surface area contributed by atoms with Gasteiger partial charge in [0.1, 0.15) is 5.65 Å². The SMILES string of the molecule is [2H]c1cc(C)c2nc([2H])c(-c3nnn[n-]3)c(=O)n2c1.[K+]. The Morgan fingerprint density at radius 3 is 3.06 bits per heavy atom. The van der Waals surface area contributed by atoms with E-state index in [1.807, 2.05) is 0 Å². The van der Waals surface area contributed by atoms with E-state index in [1.165, 1.54) is 10.6 Å². The van der Waals surface area contributed by atoms with Crippen LogP contribution < -0.4 is 62.0 Å². The zero-order chi connectivity index (χ0) is 13.6. The number of tetrazole rings is 1. The molecule has 0 radical (unpaired) electrons. The molecule has 0 aromatic carbocycles. The van der Waals surface area contributed by atoms with Gasteiger partial charge < -0.3 is 5.10 Å². The molecule has 0 aliphatic rings. The standard InChI is InChI=1S/C10H7N6O.K/c1-6-3-2-4-16-9(6)11-5-7(10(16)17)8-12-14-15-13-8;/h2-5H,1H3;/q-1;+1/i2D,5D;. The van der Waals surface area contributed by atoms with E-state index in [9.17, 15) is 4.79 Å². The zero-order valence-electron chi connectivity index (χ0n) is 11.7. The van der Waals surface area contributed by atoms with E-state index in [-0.39, 0.29) is 75.0 Å². The second kappa shape index (κ2) is 5.37. The molecule has 3 rings (SSSR count). The molecule has 3 heterocycles. The van der Waals surface area contributed by atoms with Crippen LogP contribution in [0, 0.1) is 6.92 Å². The molecule has 0 amide bonds. The summed E-state index contributed by atoms with van der Waals surface area (Å²) >= 11 is 0. The van der Waals surface area contributed by atoms with Crippen molar-refractivity contribution in [3.63, 3.8) is 0 Å². The second-order valence-corrected chi connectivity index (χ2v) is 3.42. The fourth-order valence-corrected chi connectivity index (χ4v) is 1.52. The number of fused-ring (bicyclic) bond motifs is 1. The Morgan fingerprint density at radius 1 is 1.50 bits per heavy atom. The molecular formula is C10H7KN6O. The number of pyridine rings is 1. The molecule has 0 aliphatic carbocycles. The fraction of sp³-hybridized carbons (Fsp3) is 0.100. The summed E-state index contributed by atoms with van der Waals surface area (Å²) in [5.74, 6) is -0.0371. The number of hydrogen-bond acceptors (Lipinski definition) is 5. The Kier molecular flexibility index (Phi) is 3.26. The molecule has 0 bridgehead atoms. The van der Waals surface area contributed by atoms with Gasteiger partial charge in [-0.25, -0.2) is 4.98 Å². The molecule has 0 atom stereocenters. The molecule has 0 fully saturated rings. The molecule has 0 spiro atoms. The van der Waals surface area contributed by atoms with Crippen LogP contribution in [0.1, 0.15) is 8.30 Å². The Bertz CT molecular complexity index is 832. The maximum atomic E-state index is 12.3. The van der Waals surface area contributed by atoms with Gasteiger partial charge in [0, 0.05) is 18.2 Å². The molecule has 18 heavy (non-hydrogen) atoms. The van der Waals surface area contributed by atoms with Gasteiger partial charge in [-0.1, -0.05) is 6.07 Å². The van der Waals surface area contributed by atoms with Gasteiger partial charge in [-0.2, -0.15) is 5.21 Å². The van der Waals surface area contributed by atoms with Crippen LogP contribution in [-0.2, 0) is 0 Å². The molecule has 7 nitrogen and oxygen atoms in total. The van der Waals surface area contributed by atoms with E-state index in [2.05, 4.69) is 25.6 Å². The van der Waals surface area contributed by atoms with Gasteiger partial charge in [-0.15, -0.1) is 0 Å². The maximum absolute atomic E-state index is 12.3. The van der Waals surface area contributed by atoms with Crippen LogP contribution in [0.15, 0.2) is 29.3 Å². The minimum absolute atomic E-state index is 0. The summed E-state index contributed by atoms with van der Waals surface area (Å²) in [6.07, 6.45) is 1.10. The number of hydrogen-bond donors (Lipinski definition) is 0. The molecule has 0 unspecified atom stereocenters. The Hall–Kier alpha value is -0.934. The van der Waals surface area contributed by atoms with Crippen molar-refractivity contribution in [2.24, 2.45) is 0 Å². The third-order valence-corrected chi connectivity index (χ3v) is 2.33. The first-order valence-electron chi connectivity index (χ1n) is 5.77. The van der Waals surface area contributed by atoms with E-state index >= 15 is 0 Å². The van der Waals surface area contributed by atoms with Crippen molar-refractivity contribution in [3.05, 3.63) is 40.4 Å². The Balaban J connectivity index is 0.00000147. The first-order chi connectivity index (χ1) is 9.08. The minimum Gasteiger partial charge on any atom is -0.330 e. The first kappa shape index (κ1) is 10.9. The third kappa shape index (κ3) is 2.17. The second-order valence-electron chi connectivity index (χ2n) is 3.42. The van der Waals surface area contributed by atoms with Crippen LogP contribution in [0.3, 0.4) is 0 Å². The fourth-order valence-electron chi connectivity index (χ4n) is 1.52. The van der Waals surface area contributed by atoms with Crippen molar-refractivity contribution >= 4 is 5.65 Å². The molecule has 3 aromatic heterocycles. The summed E-state index contributed by atoms with van der Waals surface area (Å²) in [6, 6.07) is 1.75. The maximum Gasteiger partial charge on any atom is 1.00 e. The molecular weight excluding hydrogens is 259 g/mol. The quantitative estimate of drug-likeness (QED) is 0.432. The van der Waals surface area contributed by atoms with E-state index in [4.69, 9.17) is 2.74 Å². The molecule has 84 valence electrons. The molecule has 0 aliphatic heterocycles. The van der Waals surface area contributed by atoms with Crippen LogP contribution in [0.25, 0.3) is 17.0 Å². The van der Waals surface area contributed by atoms with Crippen LogP contribution in [-0.4, -0.2) is 24.9 Å². The van der Waals surface area contributed by atoms with Gasteiger partial charge in [0.2, 0.25) is 0 Å². The normalized spacial score (nSPS) is 11.8. The van der Waals surface area contributed by atoms with Crippen molar-refractivity contribution in [1.82, 2.24) is 30.0 Å². The smallest absolute Gasteiger partial charge is 0.330 e. The van der Waals surface area contributed by atoms with Crippen molar-refractivity contribution < 1.29 is 54.1 Å². The molecule has 3 aromatic rings. The summed E-state index contributed by atoms with van der Waals surface area (Å²) in [5, 5.41) is 13.7. The molecule has 0 saturated heterocycles. The van der Waals surface area contributed by atoms with E-state index in [0.717, 1.165) is 0 Å². The first-order valence-corrected chi connectivity index (χ1v) is 4.77. The minimum atomic E-state index is -0.512. The van der Waals surface area contributed by atoms with Gasteiger partial charge in [-0.05, 0) is 18.5 Å². The van der Waals surface area contributed by atoms with Gasteiger partial charge in [0.25, 0.3) is 5.56 Å². The van der Waals surface area contributed by atoms with Gasteiger partial charge in [0.05, 0.1) is 8.30 Å². The third-order valence-electron chi connectivity index (χ3n) is 2.33. The topological polar surface area (TPSA) is 87.1 Å². The molecule has 0 N–H and O–H groups in total. The van der Waals surface area contributed by atoms with Gasteiger partial charge in [-0.3, -0.25) is 19.5 Å². The molecule has 8 heteroatoms. The predicted octanol–water partition coefficient (Wildman–Crippen LogP) is -3.18. The van der Waals surface area contributed by atoms with Crippen LogP contribution in [0.2, 0.25) is 0 Å². The number of nitrogens with zero attached hydrogens (tertiary/aromatic N) is 6. The van der Waals surface area contributed by atoms with Crippen molar-refractivity contribution in [2.75, 3.05) is 0 Å².